The summed E-state index contributed by atoms with van der Waals surface area (Å²) in [5.74, 6) is -3.12. The fraction of sp³-hybridized carbons (Fsp3) is 0.190. The van der Waals surface area contributed by atoms with E-state index in [0.29, 0.717) is 10.9 Å². The minimum Gasteiger partial charge on any atom is -0.319 e. The summed E-state index contributed by atoms with van der Waals surface area (Å²) in [6.45, 7) is 1.65. The molecule has 0 radical (unpaired) electrons. The number of carbonyl (C=O) groups is 1. The van der Waals surface area contributed by atoms with Crippen LogP contribution in [0.1, 0.15) is 12.5 Å². The number of anilines is 1. The van der Waals surface area contributed by atoms with Crippen molar-refractivity contribution in [3.05, 3.63) is 75.8 Å². The first-order valence-corrected chi connectivity index (χ1v) is 10.0. The van der Waals surface area contributed by atoms with Gasteiger partial charge < -0.3 is 9.88 Å². The lowest BCUT2D eigenvalue weighted by atomic mass is 10.1. The van der Waals surface area contributed by atoms with Crippen LogP contribution >= 0.6 is 11.8 Å². The Bertz CT molecular complexity index is 1230. The number of carbonyl (C=O) groups excluding carboxylic acids is 1. The summed E-state index contributed by atoms with van der Waals surface area (Å²) < 4.78 is 41.6. The quantitative estimate of drug-likeness (QED) is 0.679. The summed E-state index contributed by atoms with van der Waals surface area (Å²) in [4.78, 5) is 33.3. The van der Waals surface area contributed by atoms with Gasteiger partial charge in [-0.3, -0.25) is 14.6 Å². The van der Waals surface area contributed by atoms with E-state index in [1.807, 2.05) is 0 Å². The molecule has 2 unspecified atom stereocenters. The average molecular weight is 431 g/mol. The van der Waals surface area contributed by atoms with Crippen LogP contribution in [0.5, 0.6) is 0 Å². The van der Waals surface area contributed by atoms with Crippen molar-refractivity contribution in [1.29, 1.82) is 0 Å². The second-order valence-corrected chi connectivity index (χ2v) is 7.89. The Morgan fingerprint density at radius 3 is 2.63 bits per heavy atom. The van der Waals surface area contributed by atoms with Gasteiger partial charge in [-0.2, -0.15) is 0 Å². The van der Waals surface area contributed by atoms with Gasteiger partial charge in [0, 0.05) is 23.2 Å². The Hall–Kier alpha value is -3.07. The molecule has 2 aromatic carbocycles. The molecule has 0 bridgehead atoms. The number of nitrogens with zero attached hydrogens (tertiary/aromatic N) is 2. The van der Waals surface area contributed by atoms with E-state index in [0.717, 1.165) is 12.1 Å². The van der Waals surface area contributed by atoms with Crippen LogP contribution in [-0.4, -0.2) is 27.7 Å². The topological polar surface area (TPSA) is 65.5 Å². The molecule has 5 nitrogen and oxygen atoms in total. The standard InChI is InChI=1S/C21H16F3N3O2S/c1-11-20(30-10-25-11)21(29)27(13-5-6-15(22)17(24)8-13)9-12-7-18(28)26-19-14(12)3-2-4-16(19)23/h2-8,10-11,20H,9H2,1H3,(H,26,28). The number of hydrogen-bond donors (Lipinski definition) is 1. The van der Waals surface area contributed by atoms with Gasteiger partial charge in [-0.1, -0.05) is 23.9 Å². The summed E-state index contributed by atoms with van der Waals surface area (Å²) in [7, 11) is 0. The van der Waals surface area contributed by atoms with Crippen molar-refractivity contribution in [1.82, 2.24) is 4.98 Å². The van der Waals surface area contributed by atoms with E-state index in [1.54, 1.807) is 18.5 Å². The number of thioether (sulfide) groups is 1. The Kier molecular flexibility index (Phi) is 5.38. The van der Waals surface area contributed by atoms with Crippen molar-refractivity contribution >= 4 is 39.8 Å². The fourth-order valence-electron chi connectivity index (χ4n) is 3.37. The molecule has 2 atom stereocenters. The predicted octanol–water partition coefficient (Wildman–Crippen LogP) is 4.01. The molecule has 9 heteroatoms. The van der Waals surface area contributed by atoms with Crippen molar-refractivity contribution < 1.29 is 18.0 Å². The Morgan fingerprint density at radius 1 is 1.13 bits per heavy atom. The summed E-state index contributed by atoms with van der Waals surface area (Å²) >= 11 is 1.23. The van der Waals surface area contributed by atoms with Gasteiger partial charge in [0.15, 0.2) is 11.6 Å². The second-order valence-electron chi connectivity index (χ2n) is 6.90. The number of H-pyrrole nitrogens is 1. The molecular formula is C21H16F3N3O2S. The zero-order chi connectivity index (χ0) is 21.4. The van der Waals surface area contributed by atoms with Crippen LogP contribution in [0.15, 0.2) is 52.3 Å². The van der Waals surface area contributed by atoms with Crippen molar-refractivity contribution in [3.8, 4) is 0 Å². The summed E-state index contributed by atoms with van der Waals surface area (Å²) in [5.41, 5.74) is 1.57. The van der Waals surface area contributed by atoms with Crippen molar-refractivity contribution in [2.45, 2.75) is 24.8 Å². The van der Waals surface area contributed by atoms with E-state index in [-0.39, 0.29) is 29.7 Å². The van der Waals surface area contributed by atoms with Gasteiger partial charge in [-0.15, -0.1) is 0 Å². The van der Waals surface area contributed by atoms with Crippen molar-refractivity contribution in [2.24, 2.45) is 4.99 Å². The molecule has 1 aliphatic rings. The monoisotopic (exact) mass is 431 g/mol. The van der Waals surface area contributed by atoms with Crippen molar-refractivity contribution in [3.63, 3.8) is 0 Å². The maximum absolute atomic E-state index is 14.2. The van der Waals surface area contributed by atoms with Crippen LogP contribution in [-0.2, 0) is 11.3 Å². The number of nitrogens with one attached hydrogen (secondary N) is 1. The molecule has 0 aliphatic carbocycles. The lowest BCUT2D eigenvalue weighted by Gasteiger charge is -2.27. The molecule has 154 valence electrons. The predicted molar refractivity (Wildman–Crippen MR) is 111 cm³/mol. The highest BCUT2D eigenvalue weighted by Crippen LogP contribution is 2.29. The summed E-state index contributed by atoms with van der Waals surface area (Å²) in [6.07, 6.45) is 0. The minimum absolute atomic E-state index is 0.0182. The molecule has 0 saturated heterocycles. The van der Waals surface area contributed by atoms with Crippen LogP contribution in [0, 0.1) is 17.5 Å². The van der Waals surface area contributed by atoms with Crippen LogP contribution in [0.2, 0.25) is 0 Å². The number of hydrogen-bond acceptors (Lipinski definition) is 4. The first kappa shape index (κ1) is 20.2. The second kappa shape index (κ2) is 7.98. The Labute approximate surface area is 173 Å². The molecule has 1 aliphatic heterocycles. The Morgan fingerprint density at radius 2 is 1.93 bits per heavy atom. The van der Waals surface area contributed by atoms with E-state index >= 15 is 0 Å². The highest BCUT2D eigenvalue weighted by molar-refractivity contribution is 8.13. The number of aromatic nitrogens is 1. The first-order chi connectivity index (χ1) is 14.3. The van der Waals surface area contributed by atoms with Crippen LogP contribution in [0.25, 0.3) is 10.9 Å². The van der Waals surface area contributed by atoms with Gasteiger partial charge in [0.2, 0.25) is 11.5 Å². The van der Waals surface area contributed by atoms with Gasteiger partial charge in [-0.05, 0) is 30.7 Å². The molecule has 0 spiro atoms. The smallest absolute Gasteiger partial charge is 0.248 e. The van der Waals surface area contributed by atoms with Gasteiger partial charge in [-0.25, -0.2) is 13.2 Å². The van der Waals surface area contributed by atoms with E-state index in [4.69, 9.17) is 0 Å². The molecule has 0 fully saturated rings. The largest absolute Gasteiger partial charge is 0.319 e. The lowest BCUT2D eigenvalue weighted by molar-refractivity contribution is -0.118. The zero-order valence-electron chi connectivity index (χ0n) is 15.7. The SMILES string of the molecule is CC1N=CSC1C(=O)N(Cc1cc(=O)[nH]c2c(F)cccc12)c1ccc(F)c(F)c1. The lowest BCUT2D eigenvalue weighted by Crippen LogP contribution is -2.40. The van der Waals surface area contributed by atoms with Gasteiger partial charge in [0.25, 0.3) is 0 Å². The van der Waals surface area contributed by atoms with Gasteiger partial charge >= 0.3 is 0 Å². The number of pyridine rings is 1. The number of halogens is 3. The van der Waals surface area contributed by atoms with E-state index in [1.165, 1.54) is 40.9 Å². The van der Waals surface area contributed by atoms with E-state index < -0.39 is 28.3 Å². The highest BCUT2D eigenvalue weighted by Gasteiger charge is 2.33. The third-order valence-electron chi connectivity index (χ3n) is 4.91. The third kappa shape index (κ3) is 3.72. The highest BCUT2D eigenvalue weighted by atomic mass is 32.2. The number of aromatic amines is 1. The third-order valence-corrected chi connectivity index (χ3v) is 6.04. The zero-order valence-corrected chi connectivity index (χ0v) is 16.6. The molecule has 30 heavy (non-hydrogen) atoms. The Balaban J connectivity index is 1.82. The van der Waals surface area contributed by atoms with E-state index in [9.17, 15) is 22.8 Å². The number of aliphatic imine (C=N–C) groups is 1. The molecule has 0 saturated carbocycles. The minimum atomic E-state index is -1.10. The van der Waals surface area contributed by atoms with Crippen LogP contribution < -0.4 is 10.5 Å². The molecule has 1 amide bonds. The van der Waals surface area contributed by atoms with Gasteiger partial charge in [0.05, 0.1) is 23.6 Å². The summed E-state index contributed by atoms with van der Waals surface area (Å²) in [6, 6.07) is 8.44. The van der Waals surface area contributed by atoms with Crippen LogP contribution in [0.3, 0.4) is 0 Å². The molecule has 2 heterocycles. The molecule has 1 N–H and O–H groups in total. The summed E-state index contributed by atoms with van der Waals surface area (Å²) in [5, 5.41) is -0.138. The fourth-order valence-corrected chi connectivity index (χ4v) is 4.31. The molecular weight excluding hydrogens is 415 g/mol. The molecule has 1 aromatic heterocycles. The number of para-hydroxylation sites is 1. The maximum atomic E-state index is 14.2. The van der Waals surface area contributed by atoms with Crippen LogP contribution in [0.4, 0.5) is 18.9 Å². The van der Waals surface area contributed by atoms with E-state index in [2.05, 4.69) is 9.98 Å². The van der Waals surface area contributed by atoms with Gasteiger partial charge in [0.1, 0.15) is 11.1 Å². The molecule has 4 rings (SSSR count). The number of amides is 1. The number of fused-ring (bicyclic) bond motifs is 1. The number of rotatable bonds is 4. The average Bonchev–Trinajstić information content (AvgIpc) is 3.14. The van der Waals surface area contributed by atoms with Crippen molar-refractivity contribution in [2.75, 3.05) is 4.90 Å². The number of benzene rings is 2. The normalized spacial score (nSPS) is 18.1. The molecule has 3 aromatic rings. The first-order valence-electron chi connectivity index (χ1n) is 9.09. The maximum Gasteiger partial charge on any atom is 0.248 e.